The highest BCUT2D eigenvalue weighted by atomic mass is 79.9. The Kier molecular flexibility index (Phi) is 5.05. The monoisotopic (exact) mass is 348 g/mol. The van der Waals surface area contributed by atoms with Gasteiger partial charge >= 0.3 is 5.97 Å². The highest BCUT2D eigenvalue weighted by Gasteiger charge is 2.10. The van der Waals surface area contributed by atoms with Gasteiger partial charge in [-0.05, 0) is 52.2 Å². The van der Waals surface area contributed by atoms with Crippen LogP contribution in [0, 0.1) is 0 Å². The molecule has 0 aliphatic heterocycles. The van der Waals surface area contributed by atoms with Crippen LogP contribution in [0.4, 0.5) is 5.69 Å². The smallest absolute Gasteiger partial charge is 0.335 e. The minimum absolute atomic E-state index is 0.126. The summed E-state index contributed by atoms with van der Waals surface area (Å²) in [6.07, 6.45) is 4.28. The number of aromatic nitrogens is 1. The maximum absolute atomic E-state index is 11.9. The predicted octanol–water partition coefficient (Wildman–Crippen LogP) is 3.11. The number of pyridine rings is 1. The number of halogens is 1. The van der Waals surface area contributed by atoms with E-state index in [2.05, 4.69) is 26.2 Å². The number of carbonyl (C=O) groups is 2. The van der Waals surface area contributed by atoms with Crippen molar-refractivity contribution in [2.45, 2.75) is 12.8 Å². The quantitative estimate of drug-likeness (QED) is 0.869. The van der Waals surface area contributed by atoms with Crippen molar-refractivity contribution in [2.75, 3.05) is 5.32 Å². The molecule has 1 amide bonds. The molecule has 0 fully saturated rings. The number of nitrogens with one attached hydrogen (secondary N) is 1. The third-order valence-corrected chi connectivity index (χ3v) is 3.54. The molecule has 108 valence electrons. The van der Waals surface area contributed by atoms with Crippen molar-refractivity contribution in [2.24, 2.45) is 0 Å². The number of aryl methyl sites for hydroxylation is 1. The van der Waals surface area contributed by atoms with Crippen LogP contribution in [-0.4, -0.2) is 22.0 Å². The Morgan fingerprint density at radius 1 is 1.29 bits per heavy atom. The lowest BCUT2D eigenvalue weighted by Gasteiger charge is -2.08. The Bertz CT molecular complexity index is 659. The average molecular weight is 349 g/mol. The van der Waals surface area contributed by atoms with Gasteiger partial charge in [0.2, 0.25) is 5.91 Å². The summed E-state index contributed by atoms with van der Waals surface area (Å²) in [7, 11) is 0. The van der Waals surface area contributed by atoms with Gasteiger partial charge in [-0.15, -0.1) is 0 Å². The molecule has 0 saturated heterocycles. The van der Waals surface area contributed by atoms with Gasteiger partial charge in [-0.3, -0.25) is 9.78 Å². The zero-order valence-electron chi connectivity index (χ0n) is 11.0. The molecule has 0 aliphatic carbocycles. The molecular formula is C15H13BrN2O3. The van der Waals surface area contributed by atoms with Crippen molar-refractivity contribution < 1.29 is 14.7 Å². The number of hydrogen-bond donors (Lipinski definition) is 2. The van der Waals surface area contributed by atoms with Crippen molar-refractivity contribution in [3.8, 4) is 0 Å². The first-order chi connectivity index (χ1) is 10.1. The largest absolute Gasteiger partial charge is 0.478 e. The van der Waals surface area contributed by atoms with E-state index in [4.69, 9.17) is 5.11 Å². The van der Waals surface area contributed by atoms with Gasteiger partial charge in [0, 0.05) is 23.3 Å². The first-order valence-electron chi connectivity index (χ1n) is 6.28. The molecule has 6 heteroatoms. The minimum Gasteiger partial charge on any atom is -0.478 e. The van der Waals surface area contributed by atoms with Crippen LogP contribution in [0.25, 0.3) is 0 Å². The van der Waals surface area contributed by atoms with Crippen LogP contribution < -0.4 is 5.32 Å². The lowest BCUT2D eigenvalue weighted by molar-refractivity contribution is -0.116. The molecule has 2 aromatic rings. The molecule has 0 radical (unpaired) electrons. The van der Waals surface area contributed by atoms with Crippen LogP contribution in [0.3, 0.4) is 0 Å². The first-order valence-corrected chi connectivity index (χ1v) is 7.07. The first kappa shape index (κ1) is 15.2. The number of amides is 1. The molecular weight excluding hydrogens is 336 g/mol. The zero-order valence-corrected chi connectivity index (χ0v) is 12.6. The maximum atomic E-state index is 11.9. The second-order valence-corrected chi connectivity index (χ2v) is 5.26. The van der Waals surface area contributed by atoms with Crippen LogP contribution in [0.15, 0.2) is 47.2 Å². The van der Waals surface area contributed by atoms with Gasteiger partial charge in [-0.1, -0.05) is 6.07 Å². The van der Waals surface area contributed by atoms with Crippen molar-refractivity contribution in [3.05, 3.63) is 58.3 Å². The van der Waals surface area contributed by atoms with E-state index < -0.39 is 5.97 Å². The van der Waals surface area contributed by atoms with E-state index in [1.54, 1.807) is 18.5 Å². The molecule has 1 heterocycles. The standard InChI is InChI=1S/C15H13BrN2O3/c16-12-5-4-11(15(20)21)8-13(12)18-14(19)6-3-10-2-1-7-17-9-10/h1-2,4-5,7-9H,3,6H2,(H,18,19)(H,20,21). The van der Waals surface area contributed by atoms with Gasteiger partial charge in [0.05, 0.1) is 11.3 Å². The second kappa shape index (κ2) is 6.99. The molecule has 2 rings (SSSR count). The lowest BCUT2D eigenvalue weighted by atomic mass is 10.1. The van der Waals surface area contributed by atoms with Gasteiger partial charge < -0.3 is 10.4 Å². The van der Waals surface area contributed by atoms with Crippen LogP contribution in [-0.2, 0) is 11.2 Å². The molecule has 0 atom stereocenters. The van der Waals surface area contributed by atoms with Crippen molar-refractivity contribution in [1.29, 1.82) is 0 Å². The molecule has 0 bridgehead atoms. The number of carbonyl (C=O) groups excluding carboxylic acids is 1. The number of benzene rings is 1. The molecule has 5 nitrogen and oxygen atoms in total. The van der Waals surface area contributed by atoms with Crippen LogP contribution in [0.5, 0.6) is 0 Å². The van der Waals surface area contributed by atoms with Gasteiger partial charge in [-0.2, -0.15) is 0 Å². The Morgan fingerprint density at radius 3 is 2.76 bits per heavy atom. The summed E-state index contributed by atoms with van der Waals surface area (Å²) in [6.45, 7) is 0. The fourth-order valence-corrected chi connectivity index (χ4v) is 2.12. The SMILES string of the molecule is O=C(CCc1cccnc1)Nc1cc(C(=O)O)ccc1Br. The van der Waals surface area contributed by atoms with E-state index in [-0.39, 0.29) is 11.5 Å². The summed E-state index contributed by atoms with van der Waals surface area (Å²) >= 11 is 3.29. The van der Waals surface area contributed by atoms with Crippen molar-refractivity contribution in [3.63, 3.8) is 0 Å². The molecule has 0 aliphatic rings. The third kappa shape index (κ3) is 4.39. The lowest BCUT2D eigenvalue weighted by Crippen LogP contribution is -2.13. The third-order valence-electron chi connectivity index (χ3n) is 2.85. The van der Waals surface area contributed by atoms with Crippen LogP contribution in [0.1, 0.15) is 22.3 Å². The summed E-state index contributed by atoms with van der Waals surface area (Å²) in [5, 5.41) is 11.7. The maximum Gasteiger partial charge on any atom is 0.335 e. The van der Waals surface area contributed by atoms with Gasteiger partial charge in [0.15, 0.2) is 0 Å². The molecule has 0 spiro atoms. The minimum atomic E-state index is -1.03. The number of carboxylic acids is 1. The number of carboxylic acid groups (broad SMARTS) is 1. The topological polar surface area (TPSA) is 79.3 Å². The number of rotatable bonds is 5. The summed E-state index contributed by atoms with van der Waals surface area (Å²) in [6, 6.07) is 8.22. The Morgan fingerprint density at radius 2 is 2.10 bits per heavy atom. The summed E-state index contributed by atoms with van der Waals surface area (Å²) in [5.41, 5.74) is 1.55. The number of hydrogen-bond acceptors (Lipinski definition) is 3. The number of nitrogens with zero attached hydrogens (tertiary/aromatic N) is 1. The molecule has 2 N–H and O–H groups in total. The predicted molar refractivity (Wildman–Crippen MR) is 82.3 cm³/mol. The van der Waals surface area contributed by atoms with E-state index >= 15 is 0 Å². The average Bonchev–Trinajstić information content (AvgIpc) is 2.48. The van der Waals surface area contributed by atoms with Crippen LogP contribution in [0.2, 0.25) is 0 Å². The Hall–Kier alpha value is -2.21. The van der Waals surface area contributed by atoms with Crippen molar-refractivity contribution in [1.82, 2.24) is 4.98 Å². The van der Waals surface area contributed by atoms with E-state index in [1.807, 2.05) is 12.1 Å². The normalized spacial score (nSPS) is 10.1. The van der Waals surface area contributed by atoms with E-state index in [0.29, 0.717) is 23.0 Å². The molecule has 1 aromatic heterocycles. The summed E-state index contributed by atoms with van der Waals surface area (Å²) < 4.78 is 0.641. The Labute approximate surface area is 130 Å². The fraction of sp³-hybridized carbons (Fsp3) is 0.133. The number of aromatic carboxylic acids is 1. The summed E-state index contributed by atoms with van der Waals surface area (Å²) in [5.74, 6) is -1.21. The fourth-order valence-electron chi connectivity index (χ4n) is 1.77. The van der Waals surface area contributed by atoms with Gasteiger partial charge in [-0.25, -0.2) is 4.79 Å². The van der Waals surface area contributed by atoms with Crippen LogP contribution >= 0.6 is 15.9 Å². The molecule has 0 unspecified atom stereocenters. The highest BCUT2D eigenvalue weighted by Crippen LogP contribution is 2.24. The van der Waals surface area contributed by atoms with Gasteiger partial charge in [0.25, 0.3) is 0 Å². The van der Waals surface area contributed by atoms with E-state index in [1.165, 1.54) is 12.1 Å². The number of anilines is 1. The van der Waals surface area contributed by atoms with E-state index in [9.17, 15) is 9.59 Å². The van der Waals surface area contributed by atoms with E-state index in [0.717, 1.165) is 5.56 Å². The second-order valence-electron chi connectivity index (χ2n) is 4.41. The Balaban J connectivity index is 1.99. The van der Waals surface area contributed by atoms with Crippen molar-refractivity contribution >= 4 is 33.5 Å². The molecule has 0 saturated carbocycles. The molecule has 21 heavy (non-hydrogen) atoms. The van der Waals surface area contributed by atoms with Gasteiger partial charge in [0.1, 0.15) is 0 Å². The highest BCUT2D eigenvalue weighted by molar-refractivity contribution is 9.10. The molecule has 1 aromatic carbocycles. The zero-order chi connectivity index (χ0) is 15.2. The summed E-state index contributed by atoms with van der Waals surface area (Å²) in [4.78, 5) is 26.8.